The number of rotatable bonds is 0. The van der Waals surface area contributed by atoms with Crippen LogP contribution in [0.3, 0.4) is 0 Å². The molecule has 2 N–H and O–H groups in total. The van der Waals surface area contributed by atoms with Gasteiger partial charge in [-0.05, 0) is 37.8 Å². The third-order valence-corrected chi connectivity index (χ3v) is 3.69. The third kappa shape index (κ3) is 1.42. The second-order valence-corrected chi connectivity index (χ2v) is 4.87. The lowest BCUT2D eigenvalue weighted by atomic mass is 9.77. The molecule has 1 aliphatic carbocycles. The monoisotopic (exact) mass is 229 g/mol. The molecule has 0 bridgehead atoms. The molecule has 0 fully saturated rings. The van der Waals surface area contributed by atoms with Crippen molar-refractivity contribution in [3.05, 3.63) is 41.0 Å². The molecule has 1 aliphatic heterocycles. The maximum Gasteiger partial charge on any atom is 0.254 e. The number of benzene rings is 1. The van der Waals surface area contributed by atoms with Crippen molar-refractivity contribution >= 4 is 11.5 Å². The number of fused-ring (bicyclic) bond motifs is 3. The molecule has 17 heavy (non-hydrogen) atoms. The lowest BCUT2D eigenvalue weighted by Crippen LogP contribution is -2.54. The van der Waals surface area contributed by atoms with E-state index in [1.807, 2.05) is 25.1 Å². The number of aliphatic hydroxyl groups is 1. The highest BCUT2D eigenvalue weighted by atomic mass is 16.3. The fraction of sp³-hybridized carbons (Fsp3) is 0.357. The summed E-state index contributed by atoms with van der Waals surface area (Å²) in [6, 6.07) is 7.48. The van der Waals surface area contributed by atoms with Crippen LogP contribution in [-0.4, -0.2) is 16.7 Å². The normalized spacial score (nSPS) is 27.3. The summed E-state index contributed by atoms with van der Waals surface area (Å²) in [6.07, 6.45) is 2.50. The quantitative estimate of drug-likeness (QED) is 0.715. The van der Waals surface area contributed by atoms with Crippen molar-refractivity contribution in [2.24, 2.45) is 0 Å². The molecule has 1 amide bonds. The summed E-state index contributed by atoms with van der Waals surface area (Å²) in [5.74, 6) is -0.179. The van der Waals surface area contributed by atoms with Crippen LogP contribution in [0.5, 0.6) is 0 Å². The lowest BCUT2D eigenvalue weighted by molar-refractivity contribution is 0.0385. The molecular formula is C14H15NO2. The predicted molar refractivity (Wildman–Crippen MR) is 65.3 cm³/mol. The van der Waals surface area contributed by atoms with Crippen molar-refractivity contribution in [1.29, 1.82) is 0 Å². The molecule has 0 saturated carbocycles. The van der Waals surface area contributed by atoms with Crippen molar-refractivity contribution in [2.45, 2.75) is 31.9 Å². The van der Waals surface area contributed by atoms with Gasteiger partial charge in [0, 0.05) is 11.1 Å². The smallest absolute Gasteiger partial charge is 0.254 e. The number of amides is 1. The Hall–Kier alpha value is -1.61. The van der Waals surface area contributed by atoms with E-state index >= 15 is 0 Å². The highest BCUT2D eigenvalue weighted by Gasteiger charge is 2.42. The molecule has 0 saturated heterocycles. The number of hydrogen-bond acceptors (Lipinski definition) is 2. The summed E-state index contributed by atoms with van der Waals surface area (Å²) in [5, 5.41) is 13.3. The van der Waals surface area contributed by atoms with Crippen LogP contribution >= 0.6 is 0 Å². The molecule has 0 spiro atoms. The zero-order chi connectivity index (χ0) is 12.0. The van der Waals surface area contributed by atoms with E-state index in [1.54, 1.807) is 6.07 Å². The van der Waals surface area contributed by atoms with E-state index in [0.29, 0.717) is 12.0 Å². The second-order valence-electron chi connectivity index (χ2n) is 4.87. The molecule has 1 aromatic rings. The van der Waals surface area contributed by atoms with Gasteiger partial charge in [0.15, 0.2) is 5.72 Å². The van der Waals surface area contributed by atoms with Gasteiger partial charge in [0.05, 0.1) is 0 Å². The van der Waals surface area contributed by atoms with E-state index in [0.717, 1.165) is 24.0 Å². The summed E-state index contributed by atoms with van der Waals surface area (Å²) in [7, 11) is 0. The Morgan fingerprint density at radius 1 is 1.29 bits per heavy atom. The van der Waals surface area contributed by atoms with Crippen LogP contribution in [0.4, 0.5) is 0 Å². The van der Waals surface area contributed by atoms with Crippen LogP contribution in [0.1, 0.15) is 42.1 Å². The Morgan fingerprint density at radius 3 is 2.76 bits per heavy atom. The van der Waals surface area contributed by atoms with Gasteiger partial charge in [-0.25, -0.2) is 0 Å². The maximum atomic E-state index is 12.0. The summed E-state index contributed by atoms with van der Waals surface area (Å²) in [4.78, 5) is 12.0. The Bertz CT molecular complexity index is 533. The van der Waals surface area contributed by atoms with Gasteiger partial charge in [0.2, 0.25) is 0 Å². The van der Waals surface area contributed by atoms with Gasteiger partial charge in [0.25, 0.3) is 5.91 Å². The Kier molecular flexibility index (Phi) is 2.13. The van der Waals surface area contributed by atoms with Gasteiger partial charge in [-0.2, -0.15) is 0 Å². The number of hydrogen-bond donors (Lipinski definition) is 2. The molecule has 1 unspecified atom stereocenters. The molecular weight excluding hydrogens is 214 g/mol. The highest BCUT2D eigenvalue weighted by molar-refractivity contribution is 6.05. The van der Waals surface area contributed by atoms with Crippen molar-refractivity contribution in [2.75, 3.05) is 0 Å². The average Bonchev–Trinajstić information content (AvgIpc) is 2.28. The first-order chi connectivity index (χ1) is 8.12. The Labute approximate surface area is 100 Å². The van der Waals surface area contributed by atoms with E-state index in [2.05, 4.69) is 5.32 Å². The third-order valence-electron chi connectivity index (χ3n) is 3.69. The number of carbonyl (C=O) groups is 1. The van der Waals surface area contributed by atoms with Crippen molar-refractivity contribution in [1.82, 2.24) is 5.32 Å². The number of allylic oxidation sites excluding steroid dienone is 1. The molecule has 1 heterocycles. The minimum atomic E-state index is -1.16. The van der Waals surface area contributed by atoms with E-state index in [1.165, 1.54) is 5.57 Å². The molecule has 88 valence electrons. The van der Waals surface area contributed by atoms with E-state index in [-0.39, 0.29) is 5.91 Å². The van der Waals surface area contributed by atoms with Gasteiger partial charge in [-0.1, -0.05) is 23.8 Å². The van der Waals surface area contributed by atoms with E-state index in [9.17, 15) is 9.90 Å². The maximum absolute atomic E-state index is 12.0. The molecule has 3 nitrogen and oxygen atoms in total. The van der Waals surface area contributed by atoms with Crippen LogP contribution in [-0.2, 0) is 0 Å². The first-order valence-corrected chi connectivity index (χ1v) is 5.96. The fourth-order valence-corrected chi connectivity index (χ4v) is 2.94. The Balaban J connectivity index is 2.30. The van der Waals surface area contributed by atoms with Gasteiger partial charge >= 0.3 is 0 Å². The van der Waals surface area contributed by atoms with Crippen LogP contribution < -0.4 is 5.32 Å². The van der Waals surface area contributed by atoms with Crippen molar-refractivity contribution in [3.8, 4) is 0 Å². The molecule has 0 radical (unpaired) electrons. The van der Waals surface area contributed by atoms with Crippen LogP contribution in [0.2, 0.25) is 0 Å². The molecule has 2 aliphatic rings. The summed E-state index contributed by atoms with van der Waals surface area (Å²) < 4.78 is 0. The van der Waals surface area contributed by atoms with E-state index < -0.39 is 5.72 Å². The average molecular weight is 229 g/mol. The second kappa shape index (κ2) is 3.44. The standard InChI is InChI=1S/C14H15NO2/c1-9-5-4-8-14(17)12(9)10-6-2-3-7-11(10)13(16)15-14/h2-3,6-7,17H,4-5,8H2,1H3,(H,15,16). The van der Waals surface area contributed by atoms with Gasteiger partial charge in [0.1, 0.15) is 0 Å². The van der Waals surface area contributed by atoms with Gasteiger partial charge in [-0.15, -0.1) is 0 Å². The van der Waals surface area contributed by atoms with Gasteiger partial charge in [-0.3, -0.25) is 4.79 Å². The lowest BCUT2D eigenvalue weighted by Gasteiger charge is -2.40. The Morgan fingerprint density at radius 2 is 2.00 bits per heavy atom. The highest BCUT2D eigenvalue weighted by Crippen LogP contribution is 2.42. The summed E-state index contributed by atoms with van der Waals surface area (Å²) in [6.45, 7) is 2.04. The number of carbonyl (C=O) groups excluding carboxylic acids is 1. The van der Waals surface area contributed by atoms with Gasteiger partial charge < -0.3 is 10.4 Å². The SMILES string of the molecule is CC1=C2c3ccccc3C(=O)NC2(O)CCC1. The summed E-state index contributed by atoms with van der Waals surface area (Å²) in [5.41, 5.74) is 2.46. The minimum Gasteiger partial charge on any atom is -0.367 e. The molecule has 3 rings (SSSR count). The molecule has 1 atom stereocenters. The molecule has 1 aromatic carbocycles. The first-order valence-electron chi connectivity index (χ1n) is 5.96. The van der Waals surface area contributed by atoms with Crippen LogP contribution in [0.15, 0.2) is 29.8 Å². The molecule has 3 heteroatoms. The number of nitrogens with one attached hydrogen (secondary N) is 1. The summed E-state index contributed by atoms with van der Waals surface area (Å²) >= 11 is 0. The van der Waals surface area contributed by atoms with Crippen molar-refractivity contribution < 1.29 is 9.90 Å². The topological polar surface area (TPSA) is 49.3 Å². The zero-order valence-corrected chi connectivity index (χ0v) is 9.79. The zero-order valence-electron chi connectivity index (χ0n) is 9.79. The molecule has 0 aromatic heterocycles. The fourth-order valence-electron chi connectivity index (χ4n) is 2.94. The van der Waals surface area contributed by atoms with Crippen molar-refractivity contribution in [3.63, 3.8) is 0 Å². The predicted octanol–water partition coefficient (Wildman–Crippen LogP) is 2.08. The first kappa shape index (κ1) is 10.5. The largest absolute Gasteiger partial charge is 0.367 e. The van der Waals surface area contributed by atoms with E-state index in [4.69, 9.17) is 0 Å². The van der Waals surface area contributed by atoms with Crippen LogP contribution in [0, 0.1) is 0 Å². The van der Waals surface area contributed by atoms with Crippen LogP contribution in [0.25, 0.3) is 5.57 Å². The minimum absolute atomic E-state index is 0.179.